The summed E-state index contributed by atoms with van der Waals surface area (Å²) in [6.07, 6.45) is 0.251. The molecule has 1 heterocycles. The van der Waals surface area contributed by atoms with E-state index in [0.29, 0.717) is 5.89 Å². The zero-order valence-corrected chi connectivity index (χ0v) is 15.5. The first-order valence-electron chi connectivity index (χ1n) is 8.70. The Labute approximate surface area is 161 Å². The minimum atomic E-state index is -0.616. The highest BCUT2D eigenvalue weighted by molar-refractivity contribution is 5.97. The Kier molecular flexibility index (Phi) is 5.78. The maximum atomic E-state index is 13.9. The lowest BCUT2D eigenvalue weighted by Crippen LogP contribution is -2.26. The molecule has 3 rings (SSSR count). The lowest BCUT2D eigenvalue weighted by molar-refractivity contribution is -0.115. The number of nitrogens with one attached hydrogen (secondary N) is 1. The average Bonchev–Trinajstić information content (AvgIpc) is 3.16. The summed E-state index contributed by atoms with van der Waals surface area (Å²) in [5, 5.41) is 10.5. The molecule has 144 valence electrons. The fraction of sp³-hybridized carbons (Fsp3) is 0.200. The van der Waals surface area contributed by atoms with Gasteiger partial charge in [0, 0.05) is 30.3 Å². The number of benzene rings is 2. The van der Waals surface area contributed by atoms with E-state index in [4.69, 9.17) is 4.42 Å². The van der Waals surface area contributed by atoms with Crippen molar-refractivity contribution in [2.75, 3.05) is 12.4 Å². The first-order valence-corrected chi connectivity index (χ1v) is 8.70. The highest BCUT2D eigenvalue weighted by Crippen LogP contribution is 2.19. The van der Waals surface area contributed by atoms with Crippen LogP contribution < -0.4 is 5.32 Å². The van der Waals surface area contributed by atoms with Crippen LogP contribution in [0.1, 0.15) is 29.6 Å². The summed E-state index contributed by atoms with van der Waals surface area (Å²) in [4.78, 5) is 25.5. The summed E-state index contributed by atoms with van der Waals surface area (Å²) in [7, 11) is 1.55. The third-order valence-corrected chi connectivity index (χ3v) is 3.96. The molecule has 0 unspecified atom stereocenters. The minimum absolute atomic E-state index is 0.0613. The van der Waals surface area contributed by atoms with E-state index in [1.54, 1.807) is 14.0 Å². The number of carbonyl (C=O) groups excluding carboxylic acids is 2. The van der Waals surface area contributed by atoms with Gasteiger partial charge in [0.25, 0.3) is 5.91 Å². The standard InChI is InChI=1S/C20H19FN4O3/c1-3-17(26)22-16-10-14(9-15(21)11-16)20(27)25(2)12-18-23-24-19(28-18)13-7-5-4-6-8-13/h4-11H,3,12H2,1-2H3,(H,22,26). The Morgan fingerprint density at radius 3 is 2.61 bits per heavy atom. The van der Waals surface area contributed by atoms with Gasteiger partial charge in [-0.25, -0.2) is 4.39 Å². The van der Waals surface area contributed by atoms with E-state index >= 15 is 0 Å². The normalized spacial score (nSPS) is 10.5. The van der Waals surface area contributed by atoms with Crippen molar-refractivity contribution in [3.63, 3.8) is 0 Å². The molecular formula is C20H19FN4O3. The molecule has 3 aromatic rings. The van der Waals surface area contributed by atoms with Crippen molar-refractivity contribution in [1.29, 1.82) is 0 Å². The predicted molar refractivity (Wildman–Crippen MR) is 101 cm³/mol. The Morgan fingerprint density at radius 1 is 1.14 bits per heavy atom. The van der Waals surface area contributed by atoms with Crippen LogP contribution in [0.2, 0.25) is 0 Å². The van der Waals surface area contributed by atoms with E-state index in [2.05, 4.69) is 15.5 Å². The van der Waals surface area contributed by atoms with Crippen molar-refractivity contribution in [1.82, 2.24) is 15.1 Å². The van der Waals surface area contributed by atoms with Crippen LogP contribution in [0.15, 0.2) is 52.9 Å². The highest BCUT2D eigenvalue weighted by atomic mass is 19.1. The van der Waals surface area contributed by atoms with Gasteiger partial charge >= 0.3 is 0 Å². The van der Waals surface area contributed by atoms with Crippen molar-refractivity contribution in [2.24, 2.45) is 0 Å². The van der Waals surface area contributed by atoms with Gasteiger partial charge < -0.3 is 14.6 Å². The monoisotopic (exact) mass is 382 g/mol. The SMILES string of the molecule is CCC(=O)Nc1cc(F)cc(C(=O)N(C)Cc2nnc(-c3ccccc3)o2)c1. The van der Waals surface area contributed by atoms with Gasteiger partial charge in [-0.1, -0.05) is 25.1 Å². The van der Waals surface area contributed by atoms with Crippen molar-refractivity contribution in [3.05, 3.63) is 65.8 Å². The van der Waals surface area contributed by atoms with Gasteiger partial charge in [0.15, 0.2) is 0 Å². The molecule has 1 aromatic heterocycles. The fourth-order valence-corrected chi connectivity index (χ4v) is 2.54. The van der Waals surface area contributed by atoms with Gasteiger partial charge in [-0.2, -0.15) is 0 Å². The Balaban J connectivity index is 1.73. The number of rotatable bonds is 6. The van der Waals surface area contributed by atoms with Crippen LogP contribution in [0.5, 0.6) is 0 Å². The summed E-state index contributed by atoms with van der Waals surface area (Å²) in [6.45, 7) is 1.74. The van der Waals surface area contributed by atoms with E-state index in [1.165, 1.54) is 11.0 Å². The maximum absolute atomic E-state index is 13.9. The van der Waals surface area contributed by atoms with E-state index < -0.39 is 11.7 Å². The van der Waals surface area contributed by atoms with Gasteiger partial charge in [0.1, 0.15) is 5.82 Å². The summed E-state index contributed by atoms with van der Waals surface area (Å²) in [5.74, 6) is -0.713. The van der Waals surface area contributed by atoms with Crippen molar-refractivity contribution in [3.8, 4) is 11.5 Å². The molecule has 8 heteroatoms. The molecule has 0 aliphatic rings. The quantitative estimate of drug-likeness (QED) is 0.705. The first-order chi connectivity index (χ1) is 13.5. The van der Waals surface area contributed by atoms with E-state index in [0.717, 1.165) is 17.7 Å². The summed E-state index contributed by atoms with van der Waals surface area (Å²) in [5.41, 5.74) is 1.11. The number of halogens is 1. The molecule has 0 atom stereocenters. The lowest BCUT2D eigenvalue weighted by Gasteiger charge is -2.16. The molecule has 0 saturated heterocycles. The molecule has 0 saturated carbocycles. The molecular weight excluding hydrogens is 363 g/mol. The van der Waals surface area contributed by atoms with Gasteiger partial charge in [-0.3, -0.25) is 9.59 Å². The van der Waals surface area contributed by atoms with Crippen LogP contribution in [-0.2, 0) is 11.3 Å². The summed E-state index contributed by atoms with van der Waals surface area (Å²) in [6, 6.07) is 13.0. The number of hydrogen-bond donors (Lipinski definition) is 1. The number of amides is 2. The van der Waals surface area contributed by atoms with Crippen LogP contribution >= 0.6 is 0 Å². The Morgan fingerprint density at radius 2 is 1.89 bits per heavy atom. The molecule has 2 amide bonds. The van der Waals surface area contributed by atoms with Crippen LogP contribution in [0, 0.1) is 5.82 Å². The van der Waals surface area contributed by atoms with Gasteiger partial charge in [0.05, 0.1) is 6.54 Å². The molecule has 2 aromatic carbocycles. The van der Waals surface area contributed by atoms with Gasteiger partial charge in [0.2, 0.25) is 17.7 Å². The number of nitrogens with zero attached hydrogens (tertiary/aromatic N) is 3. The van der Waals surface area contributed by atoms with Crippen molar-refractivity contribution < 1.29 is 18.4 Å². The molecule has 0 radical (unpaired) electrons. The maximum Gasteiger partial charge on any atom is 0.254 e. The second kappa shape index (κ2) is 8.43. The molecule has 28 heavy (non-hydrogen) atoms. The Hall–Kier alpha value is -3.55. The second-order valence-corrected chi connectivity index (χ2v) is 6.16. The Bertz CT molecular complexity index is 988. The third kappa shape index (κ3) is 4.59. The van der Waals surface area contributed by atoms with E-state index in [1.807, 2.05) is 30.3 Å². The smallest absolute Gasteiger partial charge is 0.254 e. The molecule has 1 N–H and O–H groups in total. The van der Waals surface area contributed by atoms with Crippen LogP contribution in [0.25, 0.3) is 11.5 Å². The third-order valence-electron chi connectivity index (χ3n) is 3.96. The van der Waals surface area contributed by atoms with Crippen molar-refractivity contribution >= 4 is 17.5 Å². The molecule has 0 spiro atoms. The summed E-state index contributed by atoms with van der Waals surface area (Å²) < 4.78 is 19.5. The van der Waals surface area contributed by atoms with E-state index in [9.17, 15) is 14.0 Å². The lowest BCUT2D eigenvalue weighted by atomic mass is 10.1. The zero-order valence-electron chi connectivity index (χ0n) is 15.5. The first kappa shape index (κ1) is 19.2. The topological polar surface area (TPSA) is 88.3 Å². The fourth-order valence-electron chi connectivity index (χ4n) is 2.54. The summed E-state index contributed by atoms with van der Waals surface area (Å²) >= 11 is 0. The van der Waals surface area contributed by atoms with E-state index in [-0.39, 0.29) is 36.0 Å². The molecule has 0 bridgehead atoms. The van der Waals surface area contributed by atoms with Crippen LogP contribution in [-0.4, -0.2) is 34.0 Å². The van der Waals surface area contributed by atoms with Gasteiger partial charge in [-0.05, 0) is 30.3 Å². The number of hydrogen-bond acceptors (Lipinski definition) is 5. The van der Waals surface area contributed by atoms with Gasteiger partial charge in [-0.15, -0.1) is 10.2 Å². The molecule has 0 fully saturated rings. The average molecular weight is 382 g/mol. The number of carbonyl (C=O) groups is 2. The van der Waals surface area contributed by atoms with Crippen molar-refractivity contribution in [2.45, 2.75) is 19.9 Å². The van der Waals surface area contributed by atoms with Crippen LogP contribution in [0.4, 0.5) is 10.1 Å². The predicted octanol–water partition coefficient (Wildman–Crippen LogP) is 3.50. The second-order valence-electron chi connectivity index (χ2n) is 6.16. The minimum Gasteiger partial charge on any atom is -0.419 e. The largest absolute Gasteiger partial charge is 0.419 e. The number of anilines is 1. The molecule has 0 aliphatic heterocycles. The number of aromatic nitrogens is 2. The van der Waals surface area contributed by atoms with Crippen LogP contribution in [0.3, 0.4) is 0 Å². The molecule has 0 aliphatic carbocycles. The highest BCUT2D eigenvalue weighted by Gasteiger charge is 2.18. The zero-order chi connectivity index (χ0) is 20.1. The molecule has 7 nitrogen and oxygen atoms in total.